The molecule has 3 aromatic heterocycles. The summed E-state index contributed by atoms with van der Waals surface area (Å²) in [5.74, 6) is 1.44. The Kier molecular flexibility index (Phi) is 4.76. The Balaban J connectivity index is 1.51. The van der Waals surface area contributed by atoms with Gasteiger partial charge >= 0.3 is 0 Å². The summed E-state index contributed by atoms with van der Waals surface area (Å²) in [7, 11) is 0. The van der Waals surface area contributed by atoms with Crippen LogP contribution in [0.2, 0.25) is 0 Å². The Hall–Kier alpha value is -4.65. The van der Waals surface area contributed by atoms with Crippen molar-refractivity contribution < 1.29 is 4.79 Å². The molecule has 2 N–H and O–H groups in total. The zero-order valence-electron chi connectivity index (χ0n) is 17.1. The number of nitrogens with one attached hydrogen (secondary N) is 2. The summed E-state index contributed by atoms with van der Waals surface area (Å²) < 4.78 is 0. The Morgan fingerprint density at radius 2 is 2.06 bits per heavy atom. The number of carbonyl (C=O) groups excluding carboxylic acids is 1. The fraction of sp³-hybridized carbons (Fsp3) is 0.136. The number of hydrogen-bond acceptors (Lipinski definition) is 8. The van der Waals surface area contributed by atoms with Gasteiger partial charge in [0.05, 0.1) is 36.6 Å². The van der Waals surface area contributed by atoms with Gasteiger partial charge in [0.25, 0.3) is 0 Å². The molecule has 156 valence electrons. The smallest absolute Gasteiger partial charge is 0.247 e. The van der Waals surface area contributed by atoms with Crippen LogP contribution in [0.15, 0.2) is 48.9 Å². The molecule has 5 rings (SSSR count). The number of pyridine rings is 1. The molecule has 0 unspecified atom stereocenters. The number of rotatable bonds is 4. The van der Waals surface area contributed by atoms with E-state index in [9.17, 15) is 4.79 Å². The lowest BCUT2D eigenvalue weighted by Crippen LogP contribution is -2.40. The summed E-state index contributed by atoms with van der Waals surface area (Å²) >= 11 is 0. The predicted molar refractivity (Wildman–Crippen MR) is 116 cm³/mol. The standard InChI is InChI=1S/C22H17N9O/c1-13-16(5-6-17(28-13)20-26-12-27-30-20)18-9-24-21-22(29-18)31(19(32)10-25-21)11-15-4-2-3-14(7-15)8-23/h2-7,9,12H,10-11H2,1H3,(H,24,25)(H,26,27,30). The van der Waals surface area contributed by atoms with Gasteiger partial charge in [-0.05, 0) is 36.8 Å². The molecule has 4 heterocycles. The number of nitriles is 1. The van der Waals surface area contributed by atoms with Crippen molar-refractivity contribution in [3.05, 3.63) is 65.7 Å². The molecule has 0 saturated carbocycles. The van der Waals surface area contributed by atoms with E-state index in [0.29, 0.717) is 41.0 Å². The highest BCUT2D eigenvalue weighted by Gasteiger charge is 2.27. The summed E-state index contributed by atoms with van der Waals surface area (Å²) in [5, 5.41) is 18.8. The Bertz CT molecular complexity index is 1360. The number of carbonyl (C=O) groups is 1. The molecule has 10 nitrogen and oxygen atoms in total. The van der Waals surface area contributed by atoms with E-state index in [-0.39, 0.29) is 12.5 Å². The minimum atomic E-state index is -0.123. The maximum Gasteiger partial charge on any atom is 0.247 e. The first kappa shape index (κ1) is 19.3. The number of anilines is 2. The van der Waals surface area contributed by atoms with Crippen LogP contribution in [0.25, 0.3) is 22.8 Å². The summed E-state index contributed by atoms with van der Waals surface area (Å²) in [4.78, 5) is 32.3. The minimum absolute atomic E-state index is 0.123. The van der Waals surface area contributed by atoms with Crippen LogP contribution in [0, 0.1) is 18.3 Å². The van der Waals surface area contributed by atoms with Crippen LogP contribution >= 0.6 is 0 Å². The topological polar surface area (TPSA) is 136 Å². The van der Waals surface area contributed by atoms with E-state index in [1.54, 1.807) is 29.3 Å². The highest BCUT2D eigenvalue weighted by atomic mass is 16.2. The Labute approximate surface area is 183 Å². The monoisotopic (exact) mass is 423 g/mol. The number of benzene rings is 1. The second kappa shape index (κ2) is 7.88. The lowest BCUT2D eigenvalue weighted by molar-refractivity contribution is -0.117. The van der Waals surface area contributed by atoms with Gasteiger partial charge in [-0.1, -0.05) is 12.1 Å². The predicted octanol–water partition coefficient (Wildman–Crippen LogP) is 2.46. The molecule has 1 aliphatic rings. The van der Waals surface area contributed by atoms with Crippen LogP contribution in [0.5, 0.6) is 0 Å². The maximum absolute atomic E-state index is 12.7. The van der Waals surface area contributed by atoms with Gasteiger partial charge in [-0.25, -0.2) is 19.9 Å². The average Bonchev–Trinajstić information content (AvgIpc) is 3.36. The Morgan fingerprint density at radius 1 is 1.16 bits per heavy atom. The van der Waals surface area contributed by atoms with Crippen molar-refractivity contribution in [1.82, 2.24) is 30.1 Å². The largest absolute Gasteiger partial charge is 0.358 e. The number of H-pyrrole nitrogens is 1. The molecule has 0 spiro atoms. The average molecular weight is 423 g/mol. The summed E-state index contributed by atoms with van der Waals surface area (Å²) in [6, 6.07) is 13.0. The van der Waals surface area contributed by atoms with Gasteiger partial charge in [0.15, 0.2) is 17.5 Å². The van der Waals surface area contributed by atoms with Gasteiger partial charge < -0.3 is 5.32 Å². The van der Waals surface area contributed by atoms with Gasteiger partial charge in [-0.2, -0.15) is 10.4 Å². The first-order valence-corrected chi connectivity index (χ1v) is 9.86. The van der Waals surface area contributed by atoms with Crippen LogP contribution in [-0.4, -0.2) is 42.6 Å². The van der Waals surface area contributed by atoms with E-state index in [2.05, 4.69) is 36.5 Å². The van der Waals surface area contributed by atoms with Crippen LogP contribution in [0.4, 0.5) is 11.6 Å². The molecule has 1 amide bonds. The molecule has 1 aromatic carbocycles. The van der Waals surface area contributed by atoms with Crippen molar-refractivity contribution in [1.29, 1.82) is 5.26 Å². The molecule has 0 saturated heterocycles. The molecular weight excluding hydrogens is 406 g/mol. The summed E-state index contributed by atoms with van der Waals surface area (Å²) in [5.41, 5.74) is 4.20. The van der Waals surface area contributed by atoms with Crippen molar-refractivity contribution >= 4 is 17.5 Å². The number of amides is 1. The molecule has 10 heteroatoms. The van der Waals surface area contributed by atoms with Crippen LogP contribution < -0.4 is 10.2 Å². The fourth-order valence-corrected chi connectivity index (χ4v) is 3.57. The number of aromatic nitrogens is 6. The van der Waals surface area contributed by atoms with E-state index in [0.717, 1.165) is 16.8 Å². The van der Waals surface area contributed by atoms with Crippen LogP contribution in [-0.2, 0) is 11.3 Å². The van der Waals surface area contributed by atoms with E-state index >= 15 is 0 Å². The van der Waals surface area contributed by atoms with Gasteiger partial charge in [-0.3, -0.25) is 14.8 Å². The molecule has 0 fully saturated rings. The highest BCUT2D eigenvalue weighted by molar-refractivity contribution is 6.00. The van der Waals surface area contributed by atoms with Crippen LogP contribution in [0.3, 0.4) is 0 Å². The maximum atomic E-state index is 12.7. The number of nitrogens with zero attached hydrogens (tertiary/aromatic N) is 7. The second-order valence-electron chi connectivity index (χ2n) is 7.24. The van der Waals surface area contributed by atoms with E-state index in [1.165, 1.54) is 6.33 Å². The van der Waals surface area contributed by atoms with E-state index in [4.69, 9.17) is 10.2 Å². The van der Waals surface area contributed by atoms with E-state index in [1.807, 2.05) is 25.1 Å². The van der Waals surface area contributed by atoms with Crippen molar-refractivity contribution in [2.45, 2.75) is 13.5 Å². The van der Waals surface area contributed by atoms with Crippen molar-refractivity contribution in [3.8, 4) is 28.8 Å². The SMILES string of the molecule is Cc1nc(-c2ncn[nH]2)ccc1-c1cnc2c(n1)N(Cc1cccc(C#N)c1)C(=O)CN2. The van der Waals surface area contributed by atoms with Crippen molar-refractivity contribution in [2.24, 2.45) is 0 Å². The summed E-state index contributed by atoms with van der Waals surface area (Å²) in [6.45, 7) is 2.30. The molecule has 4 aromatic rings. The van der Waals surface area contributed by atoms with Gasteiger partial charge in [0, 0.05) is 11.3 Å². The van der Waals surface area contributed by atoms with Crippen molar-refractivity contribution in [2.75, 3.05) is 16.8 Å². The molecule has 0 radical (unpaired) electrons. The number of fused-ring (bicyclic) bond motifs is 1. The zero-order chi connectivity index (χ0) is 22.1. The van der Waals surface area contributed by atoms with Gasteiger partial charge in [0.2, 0.25) is 5.91 Å². The quantitative estimate of drug-likeness (QED) is 0.511. The molecule has 32 heavy (non-hydrogen) atoms. The molecule has 0 bridgehead atoms. The van der Waals surface area contributed by atoms with Crippen molar-refractivity contribution in [3.63, 3.8) is 0 Å². The second-order valence-corrected chi connectivity index (χ2v) is 7.24. The molecule has 0 atom stereocenters. The highest BCUT2D eigenvalue weighted by Crippen LogP contribution is 2.31. The molecular formula is C22H17N9O. The minimum Gasteiger partial charge on any atom is -0.358 e. The number of hydrogen-bond donors (Lipinski definition) is 2. The Morgan fingerprint density at radius 3 is 2.84 bits per heavy atom. The third-order valence-corrected chi connectivity index (χ3v) is 5.13. The van der Waals surface area contributed by atoms with Gasteiger partial charge in [0.1, 0.15) is 12.0 Å². The van der Waals surface area contributed by atoms with Crippen LogP contribution in [0.1, 0.15) is 16.8 Å². The summed E-state index contributed by atoms with van der Waals surface area (Å²) in [6.07, 6.45) is 3.09. The fourth-order valence-electron chi connectivity index (χ4n) is 3.57. The van der Waals surface area contributed by atoms with E-state index < -0.39 is 0 Å². The third-order valence-electron chi connectivity index (χ3n) is 5.13. The number of aromatic amines is 1. The first-order valence-electron chi connectivity index (χ1n) is 9.86. The normalized spacial score (nSPS) is 12.8. The lowest BCUT2D eigenvalue weighted by atomic mass is 10.1. The lowest BCUT2D eigenvalue weighted by Gasteiger charge is -2.28. The van der Waals surface area contributed by atoms with Gasteiger partial charge in [-0.15, -0.1) is 0 Å². The third kappa shape index (κ3) is 3.52. The zero-order valence-corrected chi connectivity index (χ0v) is 17.1. The first-order chi connectivity index (χ1) is 15.6. The molecule has 1 aliphatic heterocycles. The molecule has 0 aliphatic carbocycles. The number of aryl methyl sites for hydroxylation is 1.